The van der Waals surface area contributed by atoms with Gasteiger partial charge in [-0.15, -0.1) is 0 Å². The lowest BCUT2D eigenvalue weighted by atomic mass is 10.1. The first-order chi connectivity index (χ1) is 9.73. The van der Waals surface area contributed by atoms with Crippen molar-refractivity contribution in [2.75, 3.05) is 6.54 Å². The molecule has 7 heteroatoms. The summed E-state index contributed by atoms with van der Waals surface area (Å²) in [5.74, 6) is 0. The lowest BCUT2D eigenvalue weighted by Crippen LogP contribution is -2.39. The highest BCUT2D eigenvalue weighted by molar-refractivity contribution is 5.73. The SMILES string of the molecule is CC(C)(C)OC(=O)NCC(O)C(O)c1ccc(C=O)cn1. The van der Waals surface area contributed by atoms with Gasteiger partial charge >= 0.3 is 6.09 Å². The lowest BCUT2D eigenvalue weighted by Gasteiger charge is -2.22. The normalized spacial score (nSPS) is 14.1. The van der Waals surface area contributed by atoms with Gasteiger partial charge in [0.1, 0.15) is 17.8 Å². The molecule has 3 N–H and O–H groups in total. The number of nitrogens with zero attached hydrogens (tertiary/aromatic N) is 1. The molecule has 0 aliphatic rings. The number of amides is 1. The minimum absolute atomic E-state index is 0.187. The number of aliphatic hydroxyl groups excluding tert-OH is 2. The third-order valence-electron chi connectivity index (χ3n) is 2.47. The van der Waals surface area contributed by atoms with Gasteiger partial charge in [-0.25, -0.2) is 4.79 Å². The van der Waals surface area contributed by atoms with Crippen molar-refractivity contribution in [3.8, 4) is 0 Å². The lowest BCUT2D eigenvalue weighted by molar-refractivity contribution is 0.0108. The Morgan fingerprint density at radius 3 is 2.57 bits per heavy atom. The molecule has 0 bridgehead atoms. The minimum Gasteiger partial charge on any atom is -0.444 e. The Morgan fingerprint density at radius 2 is 2.10 bits per heavy atom. The van der Waals surface area contributed by atoms with Crippen LogP contribution in [0, 0.1) is 0 Å². The second-order valence-electron chi connectivity index (χ2n) is 5.53. The number of rotatable bonds is 5. The number of carbonyl (C=O) groups excluding carboxylic acids is 2. The van der Waals surface area contributed by atoms with E-state index in [2.05, 4.69) is 10.3 Å². The van der Waals surface area contributed by atoms with Crippen molar-refractivity contribution in [2.45, 2.75) is 38.6 Å². The van der Waals surface area contributed by atoms with Crippen LogP contribution in [0.1, 0.15) is 42.9 Å². The topological polar surface area (TPSA) is 109 Å². The van der Waals surface area contributed by atoms with Crippen LogP contribution in [0.25, 0.3) is 0 Å². The Hall–Kier alpha value is -1.99. The summed E-state index contributed by atoms with van der Waals surface area (Å²) in [6.45, 7) is 4.97. The van der Waals surface area contributed by atoms with Gasteiger partial charge in [0.15, 0.2) is 6.29 Å². The first-order valence-electron chi connectivity index (χ1n) is 6.47. The summed E-state index contributed by atoms with van der Waals surface area (Å²) in [5.41, 5.74) is -0.0636. The van der Waals surface area contributed by atoms with E-state index in [0.29, 0.717) is 11.8 Å². The van der Waals surface area contributed by atoms with Gasteiger partial charge in [-0.05, 0) is 32.9 Å². The average molecular weight is 296 g/mol. The Bertz CT molecular complexity index is 481. The summed E-state index contributed by atoms with van der Waals surface area (Å²) in [6, 6.07) is 2.91. The molecule has 2 atom stereocenters. The molecule has 21 heavy (non-hydrogen) atoms. The van der Waals surface area contributed by atoms with Crippen molar-refractivity contribution in [1.82, 2.24) is 10.3 Å². The van der Waals surface area contributed by atoms with E-state index in [0.717, 1.165) is 0 Å². The van der Waals surface area contributed by atoms with Gasteiger partial charge in [-0.2, -0.15) is 0 Å². The van der Waals surface area contributed by atoms with Crippen LogP contribution >= 0.6 is 0 Å². The van der Waals surface area contributed by atoms with Crippen LogP contribution in [0.2, 0.25) is 0 Å². The molecule has 0 radical (unpaired) electrons. The number of hydrogen-bond acceptors (Lipinski definition) is 6. The molecule has 0 spiro atoms. The Labute approximate surface area is 123 Å². The van der Waals surface area contributed by atoms with Crippen LogP contribution in [-0.4, -0.2) is 45.8 Å². The zero-order valence-corrected chi connectivity index (χ0v) is 12.2. The molecule has 0 fully saturated rings. The van der Waals surface area contributed by atoms with Gasteiger partial charge < -0.3 is 20.3 Å². The van der Waals surface area contributed by atoms with Gasteiger partial charge in [0, 0.05) is 18.3 Å². The van der Waals surface area contributed by atoms with Crippen LogP contribution < -0.4 is 5.32 Å². The molecule has 1 aromatic rings. The molecular weight excluding hydrogens is 276 g/mol. The van der Waals surface area contributed by atoms with E-state index in [1.54, 1.807) is 20.8 Å². The van der Waals surface area contributed by atoms with E-state index >= 15 is 0 Å². The molecule has 1 amide bonds. The van der Waals surface area contributed by atoms with Gasteiger partial charge in [0.2, 0.25) is 0 Å². The first kappa shape index (κ1) is 17.1. The van der Waals surface area contributed by atoms with E-state index in [-0.39, 0.29) is 12.2 Å². The summed E-state index contributed by atoms with van der Waals surface area (Å²) in [7, 11) is 0. The predicted molar refractivity (Wildman–Crippen MR) is 74.8 cm³/mol. The largest absolute Gasteiger partial charge is 0.444 e. The number of alkyl carbamates (subject to hydrolysis) is 1. The zero-order valence-electron chi connectivity index (χ0n) is 12.2. The van der Waals surface area contributed by atoms with E-state index in [1.165, 1.54) is 18.3 Å². The van der Waals surface area contributed by atoms with Crippen LogP contribution in [-0.2, 0) is 4.74 Å². The second kappa shape index (κ2) is 7.14. The van der Waals surface area contributed by atoms with Crippen molar-refractivity contribution in [3.63, 3.8) is 0 Å². The number of aromatic nitrogens is 1. The number of carbonyl (C=O) groups is 2. The summed E-state index contributed by atoms with van der Waals surface area (Å²) in [6.07, 6.45) is -1.28. The van der Waals surface area contributed by atoms with E-state index in [1.807, 2.05) is 0 Å². The van der Waals surface area contributed by atoms with Crippen molar-refractivity contribution in [1.29, 1.82) is 0 Å². The fourth-order valence-corrected chi connectivity index (χ4v) is 1.47. The van der Waals surface area contributed by atoms with Crippen LogP contribution in [0.15, 0.2) is 18.3 Å². The minimum atomic E-state index is -1.28. The molecule has 0 aliphatic heterocycles. The van der Waals surface area contributed by atoms with E-state index in [9.17, 15) is 19.8 Å². The summed E-state index contributed by atoms with van der Waals surface area (Å²) in [4.78, 5) is 25.8. The molecule has 1 heterocycles. The number of pyridine rings is 1. The van der Waals surface area contributed by atoms with Crippen molar-refractivity contribution in [3.05, 3.63) is 29.6 Å². The van der Waals surface area contributed by atoms with Gasteiger partial charge in [0.25, 0.3) is 0 Å². The number of aliphatic hydroxyl groups is 2. The van der Waals surface area contributed by atoms with Crippen molar-refractivity contribution in [2.24, 2.45) is 0 Å². The standard InChI is InChI=1S/C14H20N2O5/c1-14(2,3)21-13(20)16-7-11(18)12(19)10-5-4-9(8-17)6-15-10/h4-6,8,11-12,18-19H,7H2,1-3H3,(H,16,20). The molecule has 2 unspecified atom stereocenters. The number of nitrogens with one attached hydrogen (secondary N) is 1. The molecule has 116 valence electrons. The van der Waals surface area contributed by atoms with Crippen molar-refractivity contribution >= 4 is 12.4 Å². The maximum absolute atomic E-state index is 11.4. The number of aldehydes is 1. The van der Waals surface area contributed by atoms with Crippen LogP contribution in [0.5, 0.6) is 0 Å². The molecule has 1 aromatic heterocycles. The summed E-state index contributed by atoms with van der Waals surface area (Å²) >= 11 is 0. The Morgan fingerprint density at radius 1 is 1.43 bits per heavy atom. The third-order valence-corrected chi connectivity index (χ3v) is 2.47. The number of hydrogen-bond donors (Lipinski definition) is 3. The molecule has 0 aliphatic carbocycles. The molecular formula is C14H20N2O5. The van der Waals surface area contributed by atoms with Gasteiger partial charge in [0.05, 0.1) is 5.69 Å². The molecule has 0 aromatic carbocycles. The smallest absolute Gasteiger partial charge is 0.407 e. The molecule has 0 saturated heterocycles. The average Bonchev–Trinajstić information content (AvgIpc) is 2.42. The fraction of sp³-hybridized carbons (Fsp3) is 0.500. The second-order valence-corrected chi connectivity index (χ2v) is 5.53. The van der Waals surface area contributed by atoms with Crippen LogP contribution in [0.3, 0.4) is 0 Å². The zero-order chi connectivity index (χ0) is 16.0. The summed E-state index contributed by atoms with van der Waals surface area (Å²) < 4.78 is 5.01. The molecule has 0 saturated carbocycles. The quantitative estimate of drug-likeness (QED) is 0.694. The maximum Gasteiger partial charge on any atom is 0.407 e. The van der Waals surface area contributed by atoms with Crippen LogP contribution in [0.4, 0.5) is 4.79 Å². The highest BCUT2D eigenvalue weighted by Crippen LogP contribution is 2.14. The highest BCUT2D eigenvalue weighted by atomic mass is 16.6. The number of ether oxygens (including phenoxy) is 1. The van der Waals surface area contributed by atoms with Gasteiger partial charge in [-0.3, -0.25) is 9.78 Å². The predicted octanol–water partition coefficient (Wildman–Crippen LogP) is 0.813. The fourth-order valence-electron chi connectivity index (χ4n) is 1.47. The first-order valence-corrected chi connectivity index (χ1v) is 6.47. The maximum atomic E-state index is 11.4. The van der Waals surface area contributed by atoms with E-state index in [4.69, 9.17) is 4.74 Å². The van der Waals surface area contributed by atoms with Gasteiger partial charge in [-0.1, -0.05) is 0 Å². The molecule has 1 rings (SSSR count). The van der Waals surface area contributed by atoms with E-state index < -0.39 is 23.9 Å². The van der Waals surface area contributed by atoms with Crippen molar-refractivity contribution < 1.29 is 24.5 Å². The summed E-state index contributed by atoms with van der Waals surface area (Å²) in [5, 5.41) is 22.1. The Balaban J connectivity index is 2.52. The molecule has 7 nitrogen and oxygen atoms in total. The highest BCUT2D eigenvalue weighted by Gasteiger charge is 2.22. The Kier molecular flexibility index (Phi) is 5.80. The third kappa shape index (κ3) is 5.88. The monoisotopic (exact) mass is 296 g/mol.